The molecule has 2 aromatic carbocycles. The predicted octanol–water partition coefficient (Wildman–Crippen LogP) is 5.81. The fraction of sp³-hybridized carbons (Fsp3) is 0.333. The summed E-state index contributed by atoms with van der Waals surface area (Å²) < 4.78 is 23.0. The highest BCUT2D eigenvalue weighted by atomic mass is 32.2. The van der Waals surface area contributed by atoms with Crippen LogP contribution in [0.5, 0.6) is 5.75 Å². The van der Waals surface area contributed by atoms with E-state index >= 15 is 4.39 Å². The summed E-state index contributed by atoms with van der Waals surface area (Å²) >= 11 is 1.48. The number of imidazole rings is 1. The number of hydrogen-bond acceptors (Lipinski definition) is 9. The number of nitrogens with one attached hydrogen (secondary N) is 2. The SMILES string of the molecule is C=CC(=O)Nc1cc(Nc2nccc(-c3cc(F)c4nc(SC)n(C(C)C)c4c3)n2)c(OC)cc1N(C)CCN(C)C. The first-order chi connectivity index (χ1) is 20.1. The number of anilines is 4. The van der Waals surface area contributed by atoms with E-state index in [1.807, 2.05) is 62.8 Å². The Labute approximate surface area is 250 Å². The standard InChI is InChI=1S/C30H37FN8O2S/c1-9-27(40)33-22-16-23(26(41-7)17-24(22)38(6)13-12-37(4)5)35-29-32-11-10-21(34-29)19-14-20(31)28-25(15-19)39(18(2)3)30(36-28)42-8/h9-11,14-18H,1,12-13H2,2-8H3,(H,33,40)(H,32,34,35). The van der Waals surface area contributed by atoms with Gasteiger partial charge < -0.3 is 29.7 Å². The van der Waals surface area contributed by atoms with Gasteiger partial charge in [-0.25, -0.2) is 19.3 Å². The van der Waals surface area contributed by atoms with Crippen LogP contribution in [0.25, 0.3) is 22.3 Å². The van der Waals surface area contributed by atoms with Crippen molar-refractivity contribution in [2.24, 2.45) is 0 Å². The van der Waals surface area contributed by atoms with Gasteiger partial charge in [0.15, 0.2) is 11.0 Å². The topological polar surface area (TPSA) is 100 Å². The Morgan fingerprint density at radius 2 is 1.93 bits per heavy atom. The summed E-state index contributed by atoms with van der Waals surface area (Å²) in [4.78, 5) is 30.0. The van der Waals surface area contributed by atoms with Gasteiger partial charge in [-0.15, -0.1) is 0 Å². The molecule has 4 rings (SSSR count). The van der Waals surface area contributed by atoms with Gasteiger partial charge in [-0.1, -0.05) is 18.3 Å². The van der Waals surface area contributed by atoms with Crippen molar-refractivity contribution in [2.75, 3.05) is 63.1 Å². The van der Waals surface area contributed by atoms with E-state index in [0.717, 1.165) is 23.9 Å². The van der Waals surface area contributed by atoms with E-state index in [-0.39, 0.29) is 17.9 Å². The van der Waals surface area contributed by atoms with E-state index in [4.69, 9.17) is 4.74 Å². The van der Waals surface area contributed by atoms with Gasteiger partial charge in [0.25, 0.3) is 0 Å². The summed E-state index contributed by atoms with van der Waals surface area (Å²) in [7, 11) is 7.53. The van der Waals surface area contributed by atoms with Gasteiger partial charge in [0.1, 0.15) is 11.3 Å². The van der Waals surface area contributed by atoms with E-state index in [0.29, 0.717) is 39.4 Å². The van der Waals surface area contributed by atoms with Crippen LogP contribution in [0.1, 0.15) is 19.9 Å². The third-order valence-electron chi connectivity index (χ3n) is 6.67. The number of fused-ring (bicyclic) bond motifs is 1. The molecule has 1 amide bonds. The second-order valence-corrected chi connectivity index (χ2v) is 11.0. The lowest BCUT2D eigenvalue weighted by atomic mass is 10.1. The number of hydrogen-bond donors (Lipinski definition) is 2. The Bertz CT molecular complexity index is 1600. The summed E-state index contributed by atoms with van der Waals surface area (Å²) in [6.07, 6.45) is 4.76. The maximum absolute atomic E-state index is 15.2. The van der Waals surface area contributed by atoms with Gasteiger partial charge in [-0.3, -0.25) is 4.79 Å². The number of rotatable bonds is 12. The van der Waals surface area contributed by atoms with Crippen LogP contribution in [0.15, 0.2) is 54.3 Å². The van der Waals surface area contributed by atoms with Crippen LogP contribution in [0, 0.1) is 5.82 Å². The zero-order chi connectivity index (χ0) is 30.6. The summed E-state index contributed by atoms with van der Waals surface area (Å²) in [5.41, 5.74) is 4.06. The van der Waals surface area contributed by atoms with Crippen molar-refractivity contribution in [1.29, 1.82) is 0 Å². The maximum Gasteiger partial charge on any atom is 0.247 e. The van der Waals surface area contributed by atoms with Crippen molar-refractivity contribution in [3.63, 3.8) is 0 Å². The van der Waals surface area contributed by atoms with Crippen LogP contribution < -0.4 is 20.3 Å². The van der Waals surface area contributed by atoms with E-state index in [1.165, 1.54) is 23.9 Å². The molecule has 0 unspecified atom stereocenters. The molecular weight excluding hydrogens is 555 g/mol. The molecule has 12 heteroatoms. The monoisotopic (exact) mass is 592 g/mol. The molecule has 2 heterocycles. The molecule has 0 saturated heterocycles. The lowest BCUT2D eigenvalue weighted by Crippen LogP contribution is -2.29. The number of carbonyl (C=O) groups excluding carboxylic acids is 1. The van der Waals surface area contributed by atoms with E-state index in [1.54, 1.807) is 25.4 Å². The van der Waals surface area contributed by atoms with E-state index in [2.05, 4.69) is 37.1 Å². The minimum absolute atomic E-state index is 0.0999. The van der Waals surface area contributed by atoms with E-state index in [9.17, 15) is 4.79 Å². The quantitative estimate of drug-likeness (QED) is 0.156. The molecule has 0 atom stereocenters. The minimum atomic E-state index is -0.413. The summed E-state index contributed by atoms with van der Waals surface area (Å²) in [6, 6.07) is 8.79. The molecule has 2 aromatic heterocycles. The number of benzene rings is 2. The van der Waals surface area contributed by atoms with Crippen LogP contribution in [-0.2, 0) is 4.79 Å². The molecule has 2 N–H and O–H groups in total. The number of methoxy groups -OCH3 is 1. The normalized spacial score (nSPS) is 11.3. The zero-order valence-corrected chi connectivity index (χ0v) is 25.8. The third kappa shape index (κ3) is 6.66. The van der Waals surface area contributed by atoms with Gasteiger partial charge in [-0.2, -0.15) is 0 Å². The van der Waals surface area contributed by atoms with Gasteiger partial charge in [-0.05, 0) is 64.5 Å². The zero-order valence-electron chi connectivity index (χ0n) is 25.0. The first-order valence-corrected chi connectivity index (χ1v) is 14.7. The number of amides is 1. The molecule has 0 bridgehead atoms. The van der Waals surface area contributed by atoms with Crippen molar-refractivity contribution < 1.29 is 13.9 Å². The van der Waals surface area contributed by atoms with Crippen LogP contribution >= 0.6 is 11.8 Å². The molecule has 10 nitrogen and oxygen atoms in total. The Kier molecular flexibility index (Phi) is 9.69. The second-order valence-electron chi connectivity index (χ2n) is 10.3. The number of carbonyl (C=O) groups is 1. The maximum atomic E-state index is 15.2. The summed E-state index contributed by atoms with van der Waals surface area (Å²) in [5, 5.41) is 6.85. The Balaban J connectivity index is 1.73. The molecule has 42 heavy (non-hydrogen) atoms. The smallest absolute Gasteiger partial charge is 0.247 e. The first kappa shape index (κ1) is 30.8. The van der Waals surface area contributed by atoms with Crippen molar-refractivity contribution in [2.45, 2.75) is 25.0 Å². The summed E-state index contributed by atoms with van der Waals surface area (Å²) in [6.45, 7) is 9.20. The number of nitrogens with zero attached hydrogens (tertiary/aromatic N) is 6. The second kappa shape index (κ2) is 13.2. The largest absolute Gasteiger partial charge is 0.494 e. The molecule has 4 aromatic rings. The van der Waals surface area contributed by atoms with Gasteiger partial charge in [0, 0.05) is 44.0 Å². The lowest BCUT2D eigenvalue weighted by molar-refractivity contribution is -0.111. The van der Waals surface area contributed by atoms with Gasteiger partial charge in [0.2, 0.25) is 11.9 Å². The molecule has 0 saturated carbocycles. The number of halogens is 1. The lowest BCUT2D eigenvalue weighted by Gasteiger charge is -2.26. The van der Waals surface area contributed by atoms with Gasteiger partial charge in [0.05, 0.1) is 35.4 Å². The highest BCUT2D eigenvalue weighted by molar-refractivity contribution is 7.98. The van der Waals surface area contributed by atoms with Crippen LogP contribution in [0.2, 0.25) is 0 Å². The van der Waals surface area contributed by atoms with Crippen LogP contribution in [0.4, 0.5) is 27.4 Å². The molecule has 222 valence electrons. The average molecular weight is 593 g/mol. The number of thioether (sulfide) groups is 1. The van der Waals surface area contributed by atoms with Crippen molar-refractivity contribution in [3.05, 3.63) is 55.0 Å². The molecule has 0 aliphatic heterocycles. The molecular formula is C30H37FN8O2S. The molecule has 0 aliphatic carbocycles. The van der Waals surface area contributed by atoms with Gasteiger partial charge >= 0.3 is 0 Å². The van der Waals surface area contributed by atoms with Crippen molar-refractivity contribution in [3.8, 4) is 17.0 Å². The van der Waals surface area contributed by atoms with Crippen molar-refractivity contribution in [1.82, 2.24) is 24.4 Å². The van der Waals surface area contributed by atoms with Crippen molar-refractivity contribution >= 4 is 51.7 Å². The predicted molar refractivity (Wildman–Crippen MR) is 170 cm³/mol. The third-order valence-corrected chi connectivity index (χ3v) is 7.32. The molecule has 0 aliphatic rings. The Morgan fingerprint density at radius 3 is 2.57 bits per heavy atom. The number of aromatic nitrogens is 4. The van der Waals surface area contributed by atoms with Crippen LogP contribution in [0.3, 0.4) is 0 Å². The molecule has 0 radical (unpaired) electrons. The summed E-state index contributed by atoms with van der Waals surface area (Å²) in [5.74, 6) is 0.0614. The number of likely N-dealkylation sites (N-methyl/N-ethyl adjacent to an activating group) is 2. The highest BCUT2D eigenvalue weighted by Crippen LogP contribution is 2.38. The van der Waals surface area contributed by atoms with Crippen LogP contribution in [-0.4, -0.2) is 77.9 Å². The van der Waals surface area contributed by atoms with E-state index < -0.39 is 5.82 Å². The highest BCUT2D eigenvalue weighted by Gasteiger charge is 2.19. The fourth-order valence-electron chi connectivity index (χ4n) is 4.53. The Morgan fingerprint density at radius 1 is 1.17 bits per heavy atom. The molecule has 0 spiro atoms. The molecule has 0 fully saturated rings. The minimum Gasteiger partial charge on any atom is -0.494 e. The number of ether oxygens (including phenoxy) is 1. The first-order valence-electron chi connectivity index (χ1n) is 13.4. The Hall–Kier alpha value is -4.16. The fourth-order valence-corrected chi connectivity index (χ4v) is 5.22. The average Bonchev–Trinajstić information content (AvgIpc) is 3.36.